The number of carbonyl (C=O) groups is 2. The fraction of sp³-hybridized carbons (Fsp3) is 0.0667. The molecule has 3 rings (SSSR count). The number of hydrogen-bond acceptors (Lipinski definition) is 2. The van der Waals surface area contributed by atoms with Crippen molar-refractivity contribution in [3.63, 3.8) is 0 Å². The number of benzene rings is 1. The molecule has 0 spiro atoms. The third kappa shape index (κ3) is 2.10. The van der Waals surface area contributed by atoms with Gasteiger partial charge in [-0.25, -0.2) is 0 Å². The third-order valence-electron chi connectivity index (χ3n) is 3.21. The number of H-pyrrole nitrogens is 1. The van der Waals surface area contributed by atoms with Crippen LogP contribution in [0.1, 0.15) is 28.5 Å². The third-order valence-corrected chi connectivity index (χ3v) is 3.70. The molecule has 20 heavy (non-hydrogen) atoms. The average molecular weight is 331 g/mol. The van der Waals surface area contributed by atoms with E-state index in [0.29, 0.717) is 16.8 Å². The topological polar surface area (TPSA) is 62.0 Å². The Morgan fingerprint density at radius 2 is 2.10 bits per heavy atom. The molecule has 2 heterocycles. The molecular weight excluding hydrogens is 320 g/mol. The molecule has 0 saturated heterocycles. The van der Waals surface area contributed by atoms with Crippen molar-refractivity contribution in [2.75, 3.05) is 5.32 Å². The molecule has 0 fully saturated rings. The highest BCUT2D eigenvalue weighted by Gasteiger charge is 2.24. The number of Topliss-reactive ketones (excluding diaryl/α,β-unsaturated/α-hetero) is 1. The van der Waals surface area contributed by atoms with E-state index in [0.717, 1.165) is 15.7 Å². The van der Waals surface area contributed by atoms with Gasteiger partial charge in [-0.15, -0.1) is 0 Å². The molecule has 0 bridgehead atoms. The predicted octanol–water partition coefficient (Wildman–Crippen LogP) is 3.47. The molecule has 2 N–H and O–H groups in total. The number of anilines is 1. The summed E-state index contributed by atoms with van der Waals surface area (Å²) < 4.78 is 0.900. The van der Waals surface area contributed by atoms with Crippen molar-refractivity contribution in [1.29, 1.82) is 0 Å². The molecule has 0 aliphatic carbocycles. The molecule has 100 valence electrons. The lowest BCUT2D eigenvalue weighted by atomic mass is 10.0. The Balaban J connectivity index is 2.13. The van der Waals surface area contributed by atoms with Gasteiger partial charge in [-0.1, -0.05) is 15.9 Å². The fourth-order valence-corrected chi connectivity index (χ4v) is 2.62. The van der Waals surface area contributed by atoms with Crippen LogP contribution in [0.4, 0.5) is 5.69 Å². The van der Waals surface area contributed by atoms with Crippen LogP contribution < -0.4 is 5.32 Å². The van der Waals surface area contributed by atoms with Crippen LogP contribution in [0.5, 0.6) is 0 Å². The minimum absolute atomic E-state index is 0.0361. The van der Waals surface area contributed by atoms with Gasteiger partial charge in [0.15, 0.2) is 5.78 Å². The summed E-state index contributed by atoms with van der Waals surface area (Å²) in [6.07, 6.45) is 3.40. The Kier molecular flexibility index (Phi) is 3.06. The highest BCUT2D eigenvalue weighted by atomic mass is 79.9. The zero-order valence-electron chi connectivity index (χ0n) is 10.7. The number of fused-ring (bicyclic) bond motifs is 1. The minimum atomic E-state index is -0.165. The summed E-state index contributed by atoms with van der Waals surface area (Å²) in [5, 5.41) is 2.81. The van der Waals surface area contributed by atoms with Crippen LogP contribution in [0.15, 0.2) is 34.9 Å². The molecule has 0 saturated carbocycles. The first-order valence-corrected chi connectivity index (χ1v) is 6.87. The average Bonchev–Trinajstić information content (AvgIpc) is 2.96. The quantitative estimate of drug-likeness (QED) is 0.654. The van der Waals surface area contributed by atoms with Crippen LogP contribution in [0.25, 0.3) is 11.6 Å². The number of hydrogen-bond donors (Lipinski definition) is 2. The van der Waals surface area contributed by atoms with E-state index in [-0.39, 0.29) is 11.7 Å². The van der Waals surface area contributed by atoms with Crippen molar-refractivity contribution < 1.29 is 9.59 Å². The van der Waals surface area contributed by atoms with Gasteiger partial charge >= 0.3 is 0 Å². The Hall–Kier alpha value is -2.14. The monoisotopic (exact) mass is 330 g/mol. The summed E-state index contributed by atoms with van der Waals surface area (Å²) in [5.74, 6) is -0.201. The summed E-state index contributed by atoms with van der Waals surface area (Å²) in [4.78, 5) is 26.6. The second kappa shape index (κ2) is 4.76. The molecule has 1 aromatic heterocycles. The van der Waals surface area contributed by atoms with Gasteiger partial charge in [0.25, 0.3) is 5.91 Å². The van der Waals surface area contributed by atoms with E-state index in [1.54, 1.807) is 18.3 Å². The molecule has 0 atom stereocenters. The van der Waals surface area contributed by atoms with Crippen molar-refractivity contribution in [1.82, 2.24) is 4.98 Å². The van der Waals surface area contributed by atoms with Gasteiger partial charge in [0.1, 0.15) is 0 Å². The number of carbonyl (C=O) groups excluding carboxylic acids is 2. The van der Waals surface area contributed by atoms with Gasteiger partial charge in [-0.05, 0) is 37.3 Å². The molecule has 2 aromatic rings. The SMILES string of the molecule is CC(=O)c1cc[nH]c1/C=C1\C(=O)Nc2ccc(Br)cc21. The number of nitrogens with one attached hydrogen (secondary N) is 2. The van der Waals surface area contributed by atoms with Crippen LogP contribution in [-0.4, -0.2) is 16.7 Å². The maximum absolute atomic E-state index is 12.1. The number of rotatable bonds is 2. The Morgan fingerprint density at radius 3 is 2.85 bits per heavy atom. The lowest BCUT2D eigenvalue weighted by molar-refractivity contribution is -0.110. The van der Waals surface area contributed by atoms with Crippen LogP contribution in [0.2, 0.25) is 0 Å². The minimum Gasteiger partial charge on any atom is -0.361 e. The normalized spacial score (nSPS) is 15.3. The number of aromatic nitrogens is 1. The van der Waals surface area contributed by atoms with E-state index in [9.17, 15) is 9.59 Å². The number of aromatic amines is 1. The first-order valence-electron chi connectivity index (χ1n) is 6.07. The Bertz CT molecular complexity index is 759. The summed E-state index contributed by atoms with van der Waals surface area (Å²) in [7, 11) is 0. The molecule has 1 aromatic carbocycles. The smallest absolute Gasteiger partial charge is 0.256 e. The fourth-order valence-electron chi connectivity index (χ4n) is 2.26. The molecule has 1 aliphatic rings. The number of amides is 1. The summed E-state index contributed by atoms with van der Waals surface area (Å²) in [6.45, 7) is 1.50. The van der Waals surface area contributed by atoms with Gasteiger partial charge < -0.3 is 10.3 Å². The lowest BCUT2D eigenvalue weighted by Crippen LogP contribution is -2.04. The molecule has 1 amide bonds. The summed E-state index contributed by atoms with van der Waals surface area (Å²) in [5.41, 5.74) is 3.38. The first-order chi connectivity index (χ1) is 9.56. The molecule has 0 radical (unpaired) electrons. The van der Waals surface area contributed by atoms with Crippen molar-refractivity contribution in [2.45, 2.75) is 6.92 Å². The van der Waals surface area contributed by atoms with Crippen molar-refractivity contribution in [2.24, 2.45) is 0 Å². The second-order valence-electron chi connectivity index (χ2n) is 4.56. The van der Waals surface area contributed by atoms with Crippen molar-refractivity contribution in [3.8, 4) is 0 Å². The Labute approximate surface area is 124 Å². The highest BCUT2D eigenvalue weighted by Crippen LogP contribution is 2.35. The van der Waals surface area contributed by atoms with Gasteiger partial charge in [-0.2, -0.15) is 0 Å². The molecule has 5 heteroatoms. The molecule has 1 aliphatic heterocycles. The predicted molar refractivity (Wildman–Crippen MR) is 81.4 cm³/mol. The van der Waals surface area contributed by atoms with Gasteiger partial charge in [-0.3, -0.25) is 9.59 Å². The standard InChI is InChI=1S/C15H11BrN2O2/c1-8(19)10-4-5-17-14(10)7-12-11-6-9(16)2-3-13(11)18-15(12)20/h2-7,17H,1H3,(H,18,20)/b12-7-. The van der Waals surface area contributed by atoms with Gasteiger partial charge in [0.05, 0.1) is 5.57 Å². The van der Waals surface area contributed by atoms with Crippen LogP contribution in [0.3, 0.4) is 0 Å². The zero-order chi connectivity index (χ0) is 14.3. The van der Waals surface area contributed by atoms with E-state index >= 15 is 0 Å². The maximum atomic E-state index is 12.1. The van der Waals surface area contributed by atoms with Crippen molar-refractivity contribution in [3.05, 3.63) is 51.8 Å². The second-order valence-corrected chi connectivity index (χ2v) is 5.48. The summed E-state index contributed by atoms with van der Waals surface area (Å²) >= 11 is 3.40. The van der Waals surface area contributed by atoms with Crippen molar-refractivity contribution >= 4 is 45.0 Å². The van der Waals surface area contributed by atoms with Crippen LogP contribution in [-0.2, 0) is 4.79 Å². The molecule has 0 unspecified atom stereocenters. The summed E-state index contributed by atoms with van der Waals surface area (Å²) in [6, 6.07) is 7.31. The van der Waals surface area contributed by atoms with Crippen LogP contribution >= 0.6 is 15.9 Å². The van der Waals surface area contributed by atoms with E-state index < -0.39 is 0 Å². The molecule has 4 nitrogen and oxygen atoms in total. The highest BCUT2D eigenvalue weighted by molar-refractivity contribution is 9.10. The van der Waals surface area contributed by atoms with E-state index in [4.69, 9.17) is 0 Å². The lowest BCUT2D eigenvalue weighted by Gasteiger charge is -2.00. The zero-order valence-corrected chi connectivity index (χ0v) is 12.2. The molecular formula is C15H11BrN2O2. The Morgan fingerprint density at radius 1 is 1.30 bits per heavy atom. The van der Waals surface area contributed by atoms with Crippen LogP contribution in [0, 0.1) is 0 Å². The maximum Gasteiger partial charge on any atom is 0.256 e. The van der Waals surface area contributed by atoms with Gasteiger partial charge in [0, 0.05) is 33.2 Å². The van der Waals surface area contributed by atoms with Gasteiger partial charge in [0.2, 0.25) is 0 Å². The van der Waals surface area contributed by atoms with E-state index in [1.807, 2.05) is 18.2 Å². The number of ketones is 1. The van der Waals surface area contributed by atoms with E-state index in [1.165, 1.54) is 6.92 Å². The first kappa shape index (κ1) is 12.9. The largest absolute Gasteiger partial charge is 0.361 e. The number of halogens is 1. The van der Waals surface area contributed by atoms with E-state index in [2.05, 4.69) is 26.2 Å².